The Bertz CT molecular complexity index is 1120. The summed E-state index contributed by atoms with van der Waals surface area (Å²) >= 11 is 1.75. The number of hydrogen-bond donors (Lipinski definition) is 0. The van der Waals surface area contributed by atoms with E-state index >= 15 is 0 Å². The first kappa shape index (κ1) is 26.1. The second-order valence-corrected chi connectivity index (χ2v) is 10.2. The number of ether oxygens (including phenoxy) is 2. The van der Waals surface area contributed by atoms with Crippen molar-refractivity contribution < 1.29 is 14.3 Å². The van der Waals surface area contributed by atoms with Gasteiger partial charge in [-0.3, -0.25) is 4.79 Å². The van der Waals surface area contributed by atoms with Gasteiger partial charge in [-0.2, -0.15) is 0 Å². The van der Waals surface area contributed by atoms with E-state index in [1.54, 1.807) is 26.0 Å². The third-order valence-corrected chi connectivity index (χ3v) is 7.64. The van der Waals surface area contributed by atoms with E-state index in [0.29, 0.717) is 12.3 Å². The average molecular weight is 508 g/mol. The number of carbonyl (C=O) groups is 1. The van der Waals surface area contributed by atoms with Crippen molar-refractivity contribution in [2.24, 2.45) is 0 Å². The van der Waals surface area contributed by atoms with Crippen LogP contribution in [-0.4, -0.2) is 53.4 Å². The van der Waals surface area contributed by atoms with Gasteiger partial charge in [0.25, 0.3) is 0 Å². The lowest BCUT2D eigenvalue weighted by Gasteiger charge is -2.26. The topological polar surface area (TPSA) is 56.6 Å². The minimum Gasteiger partial charge on any atom is -0.497 e. The molecule has 0 saturated carbocycles. The fourth-order valence-corrected chi connectivity index (χ4v) is 5.62. The molecule has 0 unspecified atom stereocenters. The summed E-state index contributed by atoms with van der Waals surface area (Å²) in [5.41, 5.74) is 4.23. The van der Waals surface area contributed by atoms with Crippen LogP contribution in [0, 0.1) is 0 Å². The molecule has 0 bridgehead atoms. The van der Waals surface area contributed by atoms with Crippen molar-refractivity contribution in [2.75, 3.05) is 33.1 Å². The van der Waals surface area contributed by atoms with Crippen LogP contribution in [0.25, 0.3) is 22.5 Å². The summed E-state index contributed by atoms with van der Waals surface area (Å²) in [4.78, 5) is 19.8. The van der Waals surface area contributed by atoms with Gasteiger partial charge in [-0.05, 0) is 80.6 Å². The van der Waals surface area contributed by atoms with Gasteiger partial charge in [0.15, 0.2) is 5.16 Å². The van der Waals surface area contributed by atoms with Crippen molar-refractivity contribution in [3.8, 4) is 34.0 Å². The van der Waals surface area contributed by atoms with E-state index in [0.717, 1.165) is 90.2 Å². The van der Waals surface area contributed by atoms with Crippen molar-refractivity contribution in [2.45, 2.75) is 57.1 Å². The number of thioether (sulfide) groups is 1. The van der Waals surface area contributed by atoms with Crippen LogP contribution in [0.3, 0.4) is 0 Å². The Labute approximate surface area is 219 Å². The monoisotopic (exact) mass is 507 g/mol. The number of nitrogens with zero attached hydrogens (tertiary/aromatic N) is 3. The van der Waals surface area contributed by atoms with Gasteiger partial charge in [0.1, 0.15) is 11.5 Å². The van der Waals surface area contributed by atoms with E-state index in [-0.39, 0.29) is 0 Å². The van der Waals surface area contributed by atoms with Crippen LogP contribution in [0.5, 0.6) is 11.5 Å². The van der Waals surface area contributed by atoms with Gasteiger partial charge in [0, 0.05) is 42.9 Å². The lowest BCUT2D eigenvalue weighted by atomic mass is 10.0. The summed E-state index contributed by atoms with van der Waals surface area (Å²) in [7, 11) is 3.36. The Balaban J connectivity index is 1.59. The highest BCUT2D eigenvalue weighted by Gasteiger charge is 2.21. The zero-order chi connectivity index (χ0) is 25.3. The highest BCUT2D eigenvalue weighted by molar-refractivity contribution is 7.99. The summed E-state index contributed by atoms with van der Waals surface area (Å²) in [6.45, 7) is 4.91. The number of imidazole rings is 1. The number of likely N-dealkylation sites (tertiary alicyclic amines) is 1. The SMILES string of the molecule is CCCn1c(SCCCC(=O)N2CCCCC2)nc(-c2ccc(OC)cc2)c1-c1ccc(OC)cc1. The second kappa shape index (κ2) is 12.9. The van der Waals surface area contributed by atoms with Crippen LogP contribution in [0.1, 0.15) is 45.4 Å². The van der Waals surface area contributed by atoms with E-state index in [1.807, 2.05) is 29.2 Å². The van der Waals surface area contributed by atoms with Crippen molar-refractivity contribution in [3.63, 3.8) is 0 Å². The standard InChI is InChI=1S/C29H37N3O3S/c1-4-18-32-28(23-12-16-25(35-3)17-13-23)27(22-10-14-24(34-2)15-11-22)30-29(32)36-21-8-9-26(33)31-19-6-5-7-20-31/h10-17H,4-9,18-21H2,1-3H3. The number of benzene rings is 2. The number of amides is 1. The highest BCUT2D eigenvalue weighted by Crippen LogP contribution is 2.37. The van der Waals surface area contributed by atoms with E-state index in [4.69, 9.17) is 14.5 Å². The lowest BCUT2D eigenvalue weighted by molar-refractivity contribution is -0.132. The van der Waals surface area contributed by atoms with E-state index in [9.17, 15) is 4.79 Å². The third-order valence-electron chi connectivity index (χ3n) is 6.58. The molecule has 0 spiro atoms. The minimum absolute atomic E-state index is 0.296. The van der Waals surface area contributed by atoms with Crippen molar-refractivity contribution in [1.29, 1.82) is 0 Å². The molecular formula is C29H37N3O3S. The number of rotatable bonds is 11. The molecule has 0 radical (unpaired) electrons. The number of hydrogen-bond acceptors (Lipinski definition) is 5. The molecule has 2 heterocycles. The molecule has 2 aromatic carbocycles. The van der Waals surface area contributed by atoms with E-state index in [1.165, 1.54) is 6.42 Å². The summed E-state index contributed by atoms with van der Waals surface area (Å²) in [5, 5.41) is 0.999. The Kier molecular flexibility index (Phi) is 9.34. The van der Waals surface area contributed by atoms with Crippen LogP contribution in [0.4, 0.5) is 0 Å². The van der Waals surface area contributed by atoms with Crippen LogP contribution in [-0.2, 0) is 11.3 Å². The Hall–Kier alpha value is -2.93. The van der Waals surface area contributed by atoms with E-state index in [2.05, 4.69) is 35.8 Å². The van der Waals surface area contributed by atoms with Gasteiger partial charge >= 0.3 is 0 Å². The molecule has 1 saturated heterocycles. The molecule has 36 heavy (non-hydrogen) atoms. The predicted molar refractivity (Wildman–Crippen MR) is 147 cm³/mol. The lowest BCUT2D eigenvalue weighted by Crippen LogP contribution is -2.35. The maximum Gasteiger partial charge on any atom is 0.222 e. The Morgan fingerprint density at radius 3 is 2.11 bits per heavy atom. The maximum absolute atomic E-state index is 12.6. The van der Waals surface area contributed by atoms with Crippen LogP contribution in [0.2, 0.25) is 0 Å². The van der Waals surface area contributed by atoms with Crippen molar-refractivity contribution in [1.82, 2.24) is 14.5 Å². The largest absolute Gasteiger partial charge is 0.497 e. The van der Waals surface area contributed by atoms with Crippen molar-refractivity contribution in [3.05, 3.63) is 48.5 Å². The van der Waals surface area contributed by atoms with Gasteiger partial charge in [-0.25, -0.2) is 4.98 Å². The van der Waals surface area contributed by atoms with Gasteiger partial charge in [0.2, 0.25) is 5.91 Å². The van der Waals surface area contributed by atoms with Gasteiger partial charge in [0.05, 0.1) is 25.6 Å². The van der Waals surface area contributed by atoms with Crippen LogP contribution >= 0.6 is 11.8 Å². The zero-order valence-electron chi connectivity index (χ0n) is 21.7. The summed E-state index contributed by atoms with van der Waals surface area (Å²) in [6.07, 6.45) is 5.98. The fourth-order valence-electron chi connectivity index (χ4n) is 4.65. The average Bonchev–Trinajstić information content (AvgIpc) is 3.29. The molecule has 4 rings (SSSR count). The molecule has 0 aliphatic carbocycles. The van der Waals surface area contributed by atoms with Gasteiger partial charge in [-0.15, -0.1) is 0 Å². The smallest absolute Gasteiger partial charge is 0.222 e. The number of methoxy groups -OCH3 is 2. The molecule has 7 heteroatoms. The molecule has 1 aromatic heterocycles. The molecule has 1 fully saturated rings. The third kappa shape index (κ3) is 6.25. The summed E-state index contributed by atoms with van der Waals surface area (Å²) in [6, 6.07) is 16.3. The maximum atomic E-state index is 12.6. The normalized spacial score (nSPS) is 13.6. The van der Waals surface area contributed by atoms with Gasteiger partial charge < -0.3 is 18.9 Å². The first-order valence-electron chi connectivity index (χ1n) is 12.9. The summed E-state index contributed by atoms with van der Waals surface area (Å²) in [5.74, 6) is 2.82. The molecule has 6 nitrogen and oxygen atoms in total. The molecule has 0 atom stereocenters. The Morgan fingerprint density at radius 2 is 1.53 bits per heavy atom. The van der Waals surface area contributed by atoms with Crippen LogP contribution < -0.4 is 9.47 Å². The molecule has 3 aromatic rings. The molecular weight excluding hydrogens is 470 g/mol. The molecule has 0 N–H and O–H groups in total. The first-order valence-corrected chi connectivity index (χ1v) is 13.9. The molecule has 1 aliphatic rings. The minimum atomic E-state index is 0.296. The van der Waals surface area contributed by atoms with Crippen molar-refractivity contribution >= 4 is 17.7 Å². The quantitative estimate of drug-likeness (QED) is 0.218. The predicted octanol–water partition coefficient (Wildman–Crippen LogP) is 6.53. The number of carbonyl (C=O) groups excluding carboxylic acids is 1. The number of aromatic nitrogens is 2. The van der Waals surface area contributed by atoms with E-state index < -0.39 is 0 Å². The zero-order valence-corrected chi connectivity index (χ0v) is 22.5. The second-order valence-electron chi connectivity index (χ2n) is 9.09. The highest BCUT2D eigenvalue weighted by atomic mass is 32.2. The first-order chi connectivity index (χ1) is 17.6. The molecule has 1 aliphatic heterocycles. The molecule has 192 valence electrons. The summed E-state index contributed by atoms with van der Waals surface area (Å²) < 4.78 is 13.1. The van der Waals surface area contributed by atoms with Crippen LogP contribution in [0.15, 0.2) is 53.7 Å². The fraction of sp³-hybridized carbons (Fsp3) is 0.448. The Morgan fingerprint density at radius 1 is 0.917 bits per heavy atom. The van der Waals surface area contributed by atoms with Gasteiger partial charge in [-0.1, -0.05) is 18.7 Å². The molecule has 1 amide bonds. The number of piperidine rings is 1.